The number of halogens is 1. The number of carbonyl (C=O) groups is 1. The number of nitrogens with zero attached hydrogens (tertiary/aromatic N) is 2. The van der Waals surface area contributed by atoms with Gasteiger partial charge in [-0.15, -0.1) is 0 Å². The van der Waals surface area contributed by atoms with Crippen molar-refractivity contribution < 1.29 is 9.18 Å². The third-order valence-corrected chi connectivity index (χ3v) is 3.17. The van der Waals surface area contributed by atoms with Crippen LogP contribution < -0.4 is 10.6 Å². The summed E-state index contributed by atoms with van der Waals surface area (Å²) in [5, 5.41) is 0. The Balaban J connectivity index is 1.94. The van der Waals surface area contributed by atoms with Crippen LogP contribution in [0.15, 0.2) is 24.3 Å². The molecule has 0 saturated carbocycles. The van der Waals surface area contributed by atoms with Crippen LogP contribution in [0.25, 0.3) is 0 Å². The average molecular weight is 251 g/mol. The zero-order valence-corrected chi connectivity index (χ0v) is 10.5. The van der Waals surface area contributed by atoms with Crippen LogP contribution in [0.1, 0.15) is 6.92 Å². The quantitative estimate of drug-likeness (QED) is 0.846. The van der Waals surface area contributed by atoms with Crippen LogP contribution in [0.2, 0.25) is 0 Å². The summed E-state index contributed by atoms with van der Waals surface area (Å²) in [7, 11) is 0. The van der Waals surface area contributed by atoms with E-state index in [4.69, 9.17) is 5.73 Å². The predicted molar refractivity (Wildman–Crippen MR) is 68.8 cm³/mol. The first-order chi connectivity index (χ1) is 8.58. The Labute approximate surface area is 106 Å². The minimum Gasteiger partial charge on any atom is -0.368 e. The van der Waals surface area contributed by atoms with Crippen LogP contribution in [-0.2, 0) is 4.79 Å². The maximum atomic E-state index is 12.8. The van der Waals surface area contributed by atoms with Gasteiger partial charge in [-0.25, -0.2) is 4.39 Å². The van der Waals surface area contributed by atoms with E-state index in [1.165, 1.54) is 12.1 Å². The van der Waals surface area contributed by atoms with Gasteiger partial charge in [0.2, 0.25) is 5.91 Å². The lowest BCUT2D eigenvalue weighted by Gasteiger charge is -2.36. The molecule has 1 aromatic rings. The Morgan fingerprint density at radius 2 is 1.78 bits per heavy atom. The van der Waals surface area contributed by atoms with Crippen molar-refractivity contribution in [2.45, 2.75) is 13.0 Å². The Hall–Kier alpha value is -1.62. The second-order valence-corrected chi connectivity index (χ2v) is 4.58. The van der Waals surface area contributed by atoms with Gasteiger partial charge in [0.25, 0.3) is 0 Å². The van der Waals surface area contributed by atoms with Gasteiger partial charge in [-0.05, 0) is 31.2 Å². The average Bonchev–Trinajstić information content (AvgIpc) is 2.39. The van der Waals surface area contributed by atoms with Gasteiger partial charge in [0, 0.05) is 31.9 Å². The molecule has 4 nitrogen and oxygen atoms in total. The molecule has 1 unspecified atom stereocenters. The monoisotopic (exact) mass is 251 g/mol. The van der Waals surface area contributed by atoms with Gasteiger partial charge in [-0.1, -0.05) is 0 Å². The fraction of sp³-hybridized carbons (Fsp3) is 0.462. The standard InChI is InChI=1S/C13H18FN3O/c1-10(15)13(18)17-8-6-16(7-9-17)12-4-2-11(14)3-5-12/h2-5,10H,6-9,15H2,1H3. The number of rotatable bonds is 2. The highest BCUT2D eigenvalue weighted by atomic mass is 19.1. The highest BCUT2D eigenvalue weighted by Gasteiger charge is 2.23. The van der Waals surface area contributed by atoms with Gasteiger partial charge < -0.3 is 15.5 Å². The van der Waals surface area contributed by atoms with Crippen molar-refractivity contribution in [3.63, 3.8) is 0 Å². The van der Waals surface area contributed by atoms with E-state index in [9.17, 15) is 9.18 Å². The summed E-state index contributed by atoms with van der Waals surface area (Å²) in [6, 6.07) is 5.99. The number of amides is 1. The Morgan fingerprint density at radius 3 is 2.28 bits per heavy atom. The number of benzene rings is 1. The molecule has 1 amide bonds. The maximum Gasteiger partial charge on any atom is 0.239 e. The lowest BCUT2D eigenvalue weighted by molar-refractivity contribution is -0.132. The van der Waals surface area contributed by atoms with Crippen molar-refractivity contribution in [3.05, 3.63) is 30.1 Å². The molecule has 0 aliphatic carbocycles. The molecule has 0 bridgehead atoms. The van der Waals surface area contributed by atoms with Crippen molar-refractivity contribution in [1.29, 1.82) is 0 Å². The van der Waals surface area contributed by atoms with Crippen molar-refractivity contribution in [3.8, 4) is 0 Å². The number of nitrogens with two attached hydrogens (primary N) is 1. The summed E-state index contributed by atoms with van der Waals surface area (Å²) in [5.41, 5.74) is 6.57. The number of anilines is 1. The molecule has 0 spiro atoms. The molecule has 2 N–H and O–H groups in total. The molecular weight excluding hydrogens is 233 g/mol. The zero-order valence-electron chi connectivity index (χ0n) is 10.5. The van der Waals surface area contributed by atoms with Crippen LogP contribution in [-0.4, -0.2) is 43.0 Å². The topological polar surface area (TPSA) is 49.6 Å². The molecule has 1 atom stereocenters. The van der Waals surface area contributed by atoms with Gasteiger partial charge >= 0.3 is 0 Å². The van der Waals surface area contributed by atoms with Crippen LogP contribution in [0.4, 0.5) is 10.1 Å². The normalized spacial score (nSPS) is 17.7. The molecule has 2 rings (SSSR count). The SMILES string of the molecule is CC(N)C(=O)N1CCN(c2ccc(F)cc2)CC1. The fourth-order valence-corrected chi connectivity index (χ4v) is 2.12. The Kier molecular flexibility index (Phi) is 3.81. The third kappa shape index (κ3) is 2.79. The van der Waals surface area contributed by atoms with E-state index in [0.29, 0.717) is 13.1 Å². The third-order valence-electron chi connectivity index (χ3n) is 3.17. The summed E-state index contributed by atoms with van der Waals surface area (Å²) in [5.74, 6) is -0.238. The Bertz CT molecular complexity index is 411. The second-order valence-electron chi connectivity index (χ2n) is 4.58. The molecule has 1 saturated heterocycles. The Morgan fingerprint density at radius 1 is 1.22 bits per heavy atom. The van der Waals surface area contributed by atoms with Crippen LogP contribution in [0.3, 0.4) is 0 Å². The first-order valence-electron chi connectivity index (χ1n) is 6.13. The van der Waals surface area contributed by atoms with E-state index in [-0.39, 0.29) is 11.7 Å². The molecule has 1 aromatic carbocycles. The maximum absolute atomic E-state index is 12.8. The molecule has 1 aliphatic heterocycles. The number of piperazine rings is 1. The van der Waals surface area contributed by atoms with Gasteiger partial charge in [0.05, 0.1) is 6.04 Å². The van der Waals surface area contributed by atoms with Gasteiger partial charge in [0.1, 0.15) is 5.82 Å². The predicted octanol–water partition coefficient (Wildman–Crippen LogP) is 0.822. The summed E-state index contributed by atoms with van der Waals surface area (Å²) in [6.07, 6.45) is 0. The number of carbonyl (C=O) groups excluding carboxylic acids is 1. The summed E-state index contributed by atoms with van der Waals surface area (Å²) < 4.78 is 12.8. The van der Waals surface area contributed by atoms with Crippen molar-refractivity contribution in [2.75, 3.05) is 31.1 Å². The second kappa shape index (κ2) is 5.35. The van der Waals surface area contributed by atoms with E-state index >= 15 is 0 Å². The minimum absolute atomic E-state index is 0.00578. The smallest absolute Gasteiger partial charge is 0.239 e. The van der Waals surface area contributed by atoms with E-state index < -0.39 is 6.04 Å². The fourth-order valence-electron chi connectivity index (χ4n) is 2.12. The zero-order chi connectivity index (χ0) is 13.1. The molecule has 98 valence electrons. The molecule has 1 heterocycles. The van der Waals surface area contributed by atoms with Crippen molar-refractivity contribution >= 4 is 11.6 Å². The number of hydrogen-bond donors (Lipinski definition) is 1. The lowest BCUT2D eigenvalue weighted by atomic mass is 10.2. The van der Waals surface area contributed by atoms with Gasteiger partial charge in [-0.3, -0.25) is 4.79 Å². The van der Waals surface area contributed by atoms with Gasteiger partial charge in [0.15, 0.2) is 0 Å². The van der Waals surface area contributed by atoms with E-state index in [1.807, 2.05) is 0 Å². The van der Waals surface area contributed by atoms with Crippen LogP contribution in [0, 0.1) is 5.82 Å². The minimum atomic E-state index is -0.442. The molecular formula is C13H18FN3O. The molecule has 18 heavy (non-hydrogen) atoms. The molecule has 0 aromatic heterocycles. The van der Waals surface area contributed by atoms with E-state index in [0.717, 1.165) is 18.8 Å². The van der Waals surface area contributed by atoms with Crippen LogP contribution in [0.5, 0.6) is 0 Å². The van der Waals surface area contributed by atoms with Gasteiger partial charge in [-0.2, -0.15) is 0 Å². The highest BCUT2D eigenvalue weighted by Crippen LogP contribution is 2.17. The first-order valence-corrected chi connectivity index (χ1v) is 6.13. The highest BCUT2D eigenvalue weighted by molar-refractivity contribution is 5.81. The van der Waals surface area contributed by atoms with Crippen molar-refractivity contribution in [1.82, 2.24) is 4.90 Å². The van der Waals surface area contributed by atoms with E-state index in [1.54, 1.807) is 24.0 Å². The largest absolute Gasteiger partial charge is 0.368 e. The van der Waals surface area contributed by atoms with Crippen LogP contribution >= 0.6 is 0 Å². The molecule has 1 aliphatic rings. The summed E-state index contributed by atoms with van der Waals surface area (Å²) in [4.78, 5) is 15.6. The summed E-state index contributed by atoms with van der Waals surface area (Å²) >= 11 is 0. The first kappa shape index (κ1) is 12.8. The molecule has 0 radical (unpaired) electrons. The summed E-state index contributed by atoms with van der Waals surface area (Å²) in [6.45, 7) is 4.54. The number of hydrogen-bond acceptors (Lipinski definition) is 3. The van der Waals surface area contributed by atoms with Crippen molar-refractivity contribution in [2.24, 2.45) is 5.73 Å². The molecule has 1 fully saturated rings. The lowest BCUT2D eigenvalue weighted by Crippen LogP contribution is -2.52. The van der Waals surface area contributed by atoms with E-state index in [2.05, 4.69) is 4.90 Å². The molecule has 5 heteroatoms.